The number of carboxylic acid groups (broad SMARTS) is 3. The van der Waals surface area contributed by atoms with Crippen LogP contribution in [-0.4, -0.2) is 123 Å². The molecule has 5 heterocycles. The molecule has 2 aliphatic carbocycles. The fourth-order valence-corrected chi connectivity index (χ4v) is 6.57. The molecule has 4 aromatic rings. The second-order valence-corrected chi connectivity index (χ2v) is 14.6. The fraction of sp³-hybridized carbons (Fsp3) is 0.528. The van der Waals surface area contributed by atoms with Crippen molar-refractivity contribution in [2.24, 2.45) is 0 Å². The van der Waals surface area contributed by atoms with Crippen molar-refractivity contribution in [3.63, 3.8) is 0 Å². The van der Waals surface area contributed by atoms with Gasteiger partial charge in [-0.3, -0.25) is 9.58 Å². The lowest BCUT2D eigenvalue weighted by molar-refractivity contribution is -0.193. The molecular formula is C36H36F12N10O7. The molecule has 0 amide bonds. The molecule has 0 radical (unpaired) electrons. The summed E-state index contributed by atoms with van der Waals surface area (Å²) in [6.45, 7) is 1.64. The maximum Gasteiger partial charge on any atom is 0.490 e. The summed E-state index contributed by atoms with van der Waals surface area (Å²) in [5, 5.41) is 39.9. The van der Waals surface area contributed by atoms with Gasteiger partial charge in [0.2, 0.25) is 11.7 Å². The van der Waals surface area contributed by atoms with Gasteiger partial charge in [0.1, 0.15) is 23.6 Å². The first-order chi connectivity index (χ1) is 30.1. The van der Waals surface area contributed by atoms with Gasteiger partial charge < -0.3 is 30.4 Å². The Kier molecular flexibility index (Phi) is 16.3. The number of nitriles is 1. The van der Waals surface area contributed by atoms with Crippen LogP contribution in [0.2, 0.25) is 0 Å². The van der Waals surface area contributed by atoms with Gasteiger partial charge in [-0.25, -0.2) is 29.3 Å². The molecule has 0 spiro atoms. The summed E-state index contributed by atoms with van der Waals surface area (Å²) in [4.78, 5) is 48.3. The van der Waals surface area contributed by atoms with Crippen LogP contribution in [0.25, 0.3) is 22.3 Å². The van der Waals surface area contributed by atoms with Crippen molar-refractivity contribution in [1.82, 2.24) is 44.9 Å². The van der Waals surface area contributed by atoms with Crippen LogP contribution >= 0.6 is 0 Å². The highest BCUT2D eigenvalue weighted by molar-refractivity contribution is 5.90. The number of rotatable bonds is 9. The summed E-state index contributed by atoms with van der Waals surface area (Å²) in [6, 6.07) is 6.44. The lowest BCUT2D eigenvalue weighted by Gasteiger charge is -2.53. The van der Waals surface area contributed by atoms with E-state index < -0.39 is 54.0 Å². The van der Waals surface area contributed by atoms with Gasteiger partial charge in [-0.1, -0.05) is 6.42 Å². The van der Waals surface area contributed by atoms with Gasteiger partial charge in [-0.2, -0.15) is 68.0 Å². The maximum atomic E-state index is 13.5. The van der Waals surface area contributed by atoms with Gasteiger partial charge in [-0.15, -0.1) is 0 Å². The predicted octanol–water partition coefficient (Wildman–Crippen LogP) is 6.49. The van der Waals surface area contributed by atoms with E-state index in [1.165, 1.54) is 12.4 Å². The average Bonchev–Trinajstić information content (AvgIpc) is 3.86. The molecule has 7 rings (SSSR count). The Bertz CT molecular complexity index is 2230. The van der Waals surface area contributed by atoms with Crippen LogP contribution in [0.3, 0.4) is 0 Å². The molecule has 5 N–H and O–H groups in total. The van der Waals surface area contributed by atoms with Crippen molar-refractivity contribution in [1.29, 1.82) is 5.26 Å². The molecule has 3 fully saturated rings. The number of carboxylic acids is 3. The first-order valence-corrected chi connectivity index (χ1v) is 18.8. The zero-order valence-corrected chi connectivity index (χ0v) is 33.1. The molecule has 2 saturated carbocycles. The summed E-state index contributed by atoms with van der Waals surface area (Å²) in [7, 11) is 0. The Morgan fingerprint density at radius 2 is 1.43 bits per heavy atom. The zero-order chi connectivity index (χ0) is 48.5. The van der Waals surface area contributed by atoms with E-state index in [0.29, 0.717) is 44.4 Å². The molecule has 3 aliphatic rings. The highest BCUT2D eigenvalue weighted by Gasteiger charge is 2.48. The van der Waals surface area contributed by atoms with E-state index in [1.807, 2.05) is 23.1 Å². The normalized spacial score (nSPS) is 18.8. The number of aromatic nitrogens is 7. The molecule has 65 heavy (non-hydrogen) atoms. The van der Waals surface area contributed by atoms with E-state index >= 15 is 0 Å². The van der Waals surface area contributed by atoms with Crippen LogP contribution in [-0.2, 0) is 32.6 Å². The number of alkyl halides is 12. The van der Waals surface area contributed by atoms with Crippen LogP contribution in [0.15, 0.2) is 37.1 Å². The number of likely N-dealkylation sites (tertiary alicyclic amines) is 1. The number of fused-ring (bicyclic) bond motifs is 1. The summed E-state index contributed by atoms with van der Waals surface area (Å²) >= 11 is 0. The van der Waals surface area contributed by atoms with Crippen LogP contribution < -0.4 is 10.1 Å². The number of ether oxygens (including phenoxy) is 1. The van der Waals surface area contributed by atoms with Crippen LogP contribution in [0.5, 0.6) is 5.88 Å². The smallest absolute Gasteiger partial charge is 0.475 e. The first-order valence-electron chi connectivity index (χ1n) is 18.8. The van der Waals surface area contributed by atoms with Gasteiger partial charge in [0.05, 0.1) is 30.1 Å². The third-order valence-electron chi connectivity index (χ3n) is 9.96. The maximum absolute atomic E-state index is 13.5. The standard InChI is InChI=1S/C30H33F3N10O.3C2HF3O2/c31-30(32,33)28-40-21(14-36-20-2-1-3-20)12-25(41-28)44-23-6-4-22(5-7-23)42-16-29(17-42,9-10-34)43-15-19(13-39-43)26-24-8-11-35-27(24)38-18-37-26;3*3-2(4,5)1(6)7/h8,11-13,15,18,20,22-23,36H,1-7,9,14,16-17H2,(H,35,37,38);3*(H,6,7)/t22-,23+;;;. The number of halogens is 12. The molecule has 0 aromatic carbocycles. The second-order valence-electron chi connectivity index (χ2n) is 14.6. The lowest BCUT2D eigenvalue weighted by Crippen LogP contribution is -2.65. The number of nitrogens with one attached hydrogen (secondary N) is 2. The molecule has 17 nitrogen and oxygen atoms in total. The number of aliphatic carboxylic acids is 3. The summed E-state index contributed by atoms with van der Waals surface area (Å²) in [5.74, 6) is -9.46. The quantitative estimate of drug-likeness (QED) is 0.113. The number of hydrogen-bond donors (Lipinski definition) is 5. The van der Waals surface area contributed by atoms with E-state index in [1.54, 1.807) is 6.20 Å². The first kappa shape index (κ1) is 51.3. The van der Waals surface area contributed by atoms with Gasteiger partial charge in [0.25, 0.3) is 0 Å². The molecule has 29 heteroatoms. The average molecular weight is 949 g/mol. The van der Waals surface area contributed by atoms with Gasteiger partial charge in [-0.05, 0) is 44.6 Å². The minimum atomic E-state index is -5.08. The van der Waals surface area contributed by atoms with Crippen molar-refractivity contribution >= 4 is 28.9 Å². The molecule has 0 unspecified atom stereocenters. The van der Waals surface area contributed by atoms with E-state index in [9.17, 15) is 57.9 Å². The van der Waals surface area contributed by atoms with Crippen LogP contribution in [0.4, 0.5) is 52.7 Å². The van der Waals surface area contributed by atoms with Crippen molar-refractivity contribution in [3.05, 3.63) is 48.6 Å². The third kappa shape index (κ3) is 14.3. The Balaban J connectivity index is 0.000000366. The summed E-state index contributed by atoms with van der Waals surface area (Å²) in [5.41, 5.74) is 2.27. The molecule has 0 atom stereocenters. The largest absolute Gasteiger partial charge is 0.490 e. The summed E-state index contributed by atoms with van der Waals surface area (Å²) < 4.78 is 144. The second kappa shape index (κ2) is 20.7. The summed E-state index contributed by atoms with van der Waals surface area (Å²) in [6.07, 6.45) is -6.39. The number of nitrogens with zero attached hydrogens (tertiary/aromatic N) is 8. The molecule has 1 saturated heterocycles. The number of carbonyl (C=O) groups is 3. The van der Waals surface area contributed by atoms with Gasteiger partial charge >= 0.3 is 42.6 Å². The topological polar surface area (TPSA) is 245 Å². The van der Waals surface area contributed by atoms with E-state index in [-0.39, 0.29) is 24.2 Å². The van der Waals surface area contributed by atoms with Gasteiger partial charge in [0, 0.05) is 61.1 Å². The fourth-order valence-electron chi connectivity index (χ4n) is 6.57. The Hall–Kier alpha value is -6.31. The molecule has 1 aliphatic heterocycles. The van der Waals surface area contributed by atoms with Crippen LogP contribution in [0, 0.1) is 11.3 Å². The van der Waals surface area contributed by atoms with Crippen molar-refractivity contribution < 1.29 is 87.1 Å². The van der Waals surface area contributed by atoms with E-state index in [2.05, 4.69) is 46.3 Å². The Morgan fingerprint density at radius 3 is 1.92 bits per heavy atom. The zero-order valence-electron chi connectivity index (χ0n) is 33.1. The lowest BCUT2D eigenvalue weighted by atomic mass is 9.82. The third-order valence-corrected chi connectivity index (χ3v) is 9.96. The highest BCUT2D eigenvalue weighted by Crippen LogP contribution is 2.39. The number of aromatic amines is 1. The Labute approximate surface area is 357 Å². The minimum absolute atomic E-state index is 0.0201. The molecule has 0 bridgehead atoms. The Morgan fingerprint density at radius 1 is 0.862 bits per heavy atom. The molecule has 4 aromatic heterocycles. The highest BCUT2D eigenvalue weighted by atomic mass is 19.4. The molecular weight excluding hydrogens is 912 g/mol. The van der Waals surface area contributed by atoms with E-state index in [0.717, 1.165) is 54.4 Å². The van der Waals surface area contributed by atoms with Crippen molar-refractivity contribution in [3.8, 4) is 23.2 Å². The minimum Gasteiger partial charge on any atom is -0.475 e. The predicted molar refractivity (Wildman–Crippen MR) is 194 cm³/mol. The van der Waals surface area contributed by atoms with Crippen molar-refractivity contribution in [2.45, 2.75) is 106 Å². The SMILES string of the molecule is N#CCC1(n2cc(-c3ncnc4[nH]ccc34)cn2)CN([C@H]2CC[C@@H](Oc3cc(CNC4CCC4)nc(C(F)(F)F)n3)CC2)C1.O=C(O)C(F)(F)F.O=C(O)C(F)(F)F.O=C(O)C(F)(F)F. The number of H-pyrrole nitrogens is 1. The van der Waals surface area contributed by atoms with Crippen molar-refractivity contribution in [2.75, 3.05) is 13.1 Å². The van der Waals surface area contributed by atoms with Crippen LogP contribution in [0.1, 0.15) is 62.9 Å². The molecule has 356 valence electrons. The van der Waals surface area contributed by atoms with Gasteiger partial charge in [0.15, 0.2) is 0 Å². The van der Waals surface area contributed by atoms with E-state index in [4.69, 9.17) is 34.4 Å². The number of hydrogen-bond acceptors (Lipinski definition) is 12. The monoisotopic (exact) mass is 948 g/mol.